The molecule has 27 heavy (non-hydrogen) atoms. The summed E-state index contributed by atoms with van der Waals surface area (Å²) >= 11 is 0. The van der Waals surface area contributed by atoms with Crippen LogP contribution in [0.3, 0.4) is 0 Å². The summed E-state index contributed by atoms with van der Waals surface area (Å²) in [6.45, 7) is 13.3. The SMILES string of the molecule is CC(C)(C)OC(=O)NC(C)(C)C(=O)N1CCN(CC(=O)N2CCCC2)CC1. The molecule has 0 radical (unpaired) electrons. The Morgan fingerprint density at radius 3 is 1.93 bits per heavy atom. The van der Waals surface area contributed by atoms with Crippen molar-refractivity contribution in [2.45, 2.75) is 58.6 Å². The fraction of sp³-hybridized carbons (Fsp3) is 0.842. The summed E-state index contributed by atoms with van der Waals surface area (Å²) in [6.07, 6.45) is 1.58. The molecule has 3 amide bonds. The largest absolute Gasteiger partial charge is 0.444 e. The number of nitrogens with one attached hydrogen (secondary N) is 1. The summed E-state index contributed by atoms with van der Waals surface area (Å²) in [7, 11) is 0. The second kappa shape index (κ2) is 8.46. The van der Waals surface area contributed by atoms with Gasteiger partial charge in [-0.05, 0) is 47.5 Å². The minimum Gasteiger partial charge on any atom is -0.444 e. The highest BCUT2D eigenvalue weighted by Crippen LogP contribution is 2.14. The summed E-state index contributed by atoms with van der Waals surface area (Å²) < 4.78 is 5.25. The lowest BCUT2D eigenvalue weighted by molar-refractivity contribution is -0.139. The molecule has 2 aliphatic heterocycles. The van der Waals surface area contributed by atoms with Crippen LogP contribution in [0.5, 0.6) is 0 Å². The highest BCUT2D eigenvalue weighted by atomic mass is 16.6. The van der Waals surface area contributed by atoms with Crippen LogP contribution < -0.4 is 5.32 Å². The molecule has 0 aliphatic carbocycles. The molecule has 2 saturated heterocycles. The van der Waals surface area contributed by atoms with Gasteiger partial charge in [-0.25, -0.2) is 4.79 Å². The number of ether oxygens (including phenoxy) is 1. The number of piperazine rings is 1. The van der Waals surface area contributed by atoms with Crippen molar-refractivity contribution in [2.75, 3.05) is 45.8 Å². The van der Waals surface area contributed by atoms with Crippen LogP contribution in [0.15, 0.2) is 0 Å². The maximum atomic E-state index is 12.8. The van der Waals surface area contributed by atoms with Crippen molar-refractivity contribution >= 4 is 17.9 Å². The van der Waals surface area contributed by atoms with Crippen molar-refractivity contribution in [3.63, 3.8) is 0 Å². The van der Waals surface area contributed by atoms with Gasteiger partial charge in [-0.3, -0.25) is 14.5 Å². The molecule has 0 aromatic heterocycles. The van der Waals surface area contributed by atoms with E-state index in [4.69, 9.17) is 4.74 Å². The average molecular weight is 383 g/mol. The molecule has 1 N–H and O–H groups in total. The van der Waals surface area contributed by atoms with Crippen molar-refractivity contribution < 1.29 is 19.1 Å². The third-order valence-corrected chi connectivity index (χ3v) is 4.83. The molecule has 0 aromatic carbocycles. The molecule has 0 atom stereocenters. The summed E-state index contributed by atoms with van der Waals surface area (Å²) in [4.78, 5) is 42.9. The van der Waals surface area contributed by atoms with E-state index in [1.54, 1.807) is 39.5 Å². The quantitative estimate of drug-likeness (QED) is 0.786. The standard InChI is InChI=1S/C19H34N4O4/c1-18(2,3)27-17(26)20-19(4,5)16(25)23-12-10-21(11-13-23)14-15(24)22-8-6-7-9-22/h6-14H2,1-5H3,(H,20,26). The summed E-state index contributed by atoms with van der Waals surface area (Å²) in [5, 5.41) is 2.66. The molecule has 154 valence electrons. The van der Waals surface area contributed by atoms with E-state index >= 15 is 0 Å². The number of amides is 3. The first-order chi connectivity index (χ1) is 12.5. The number of carbonyl (C=O) groups is 3. The lowest BCUT2D eigenvalue weighted by Crippen LogP contribution is -2.60. The van der Waals surface area contributed by atoms with Crippen LogP contribution in [0.4, 0.5) is 4.79 Å². The van der Waals surface area contributed by atoms with Crippen molar-refractivity contribution in [2.24, 2.45) is 0 Å². The van der Waals surface area contributed by atoms with Gasteiger partial charge in [0.05, 0.1) is 6.54 Å². The maximum Gasteiger partial charge on any atom is 0.408 e. The Bertz CT molecular complexity index is 557. The second-order valence-electron chi connectivity index (χ2n) is 8.91. The van der Waals surface area contributed by atoms with Crippen LogP contribution in [-0.4, -0.2) is 89.6 Å². The van der Waals surface area contributed by atoms with E-state index in [1.165, 1.54) is 0 Å². The molecule has 0 unspecified atom stereocenters. The van der Waals surface area contributed by atoms with Crippen molar-refractivity contribution in [1.82, 2.24) is 20.0 Å². The molecule has 8 heteroatoms. The number of hydrogen-bond acceptors (Lipinski definition) is 5. The van der Waals surface area contributed by atoms with E-state index in [1.807, 2.05) is 4.90 Å². The van der Waals surface area contributed by atoms with Gasteiger partial charge in [0.2, 0.25) is 11.8 Å². The van der Waals surface area contributed by atoms with Crippen LogP contribution in [-0.2, 0) is 14.3 Å². The molecule has 2 rings (SSSR count). The van der Waals surface area contributed by atoms with Crippen LogP contribution in [0.1, 0.15) is 47.5 Å². The van der Waals surface area contributed by atoms with Crippen LogP contribution >= 0.6 is 0 Å². The zero-order valence-electron chi connectivity index (χ0n) is 17.3. The predicted octanol–water partition coefficient (Wildman–Crippen LogP) is 1.06. The predicted molar refractivity (Wildman–Crippen MR) is 102 cm³/mol. The van der Waals surface area contributed by atoms with Gasteiger partial charge < -0.3 is 19.9 Å². The molecule has 2 fully saturated rings. The van der Waals surface area contributed by atoms with Gasteiger partial charge in [0.15, 0.2) is 0 Å². The van der Waals surface area contributed by atoms with E-state index in [9.17, 15) is 14.4 Å². The van der Waals surface area contributed by atoms with Crippen LogP contribution in [0.2, 0.25) is 0 Å². The smallest absolute Gasteiger partial charge is 0.408 e. The molecule has 8 nitrogen and oxygen atoms in total. The summed E-state index contributed by atoms with van der Waals surface area (Å²) in [5.41, 5.74) is -1.66. The van der Waals surface area contributed by atoms with Crippen molar-refractivity contribution in [3.05, 3.63) is 0 Å². The zero-order chi connectivity index (χ0) is 20.2. The number of likely N-dealkylation sites (tertiary alicyclic amines) is 1. The minimum atomic E-state index is -1.05. The Morgan fingerprint density at radius 1 is 0.852 bits per heavy atom. The third kappa shape index (κ3) is 6.37. The van der Waals surface area contributed by atoms with E-state index in [0.717, 1.165) is 25.9 Å². The van der Waals surface area contributed by atoms with E-state index in [-0.39, 0.29) is 11.8 Å². The van der Waals surface area contributed by atoms with Gasteiger partial charge in [-0.1, -0.05) is 0 Å². The number of nitrogens with zero attached hydrogens (tertiary/aromatic N) is 3. The fourth-order valence-electron chi connectivity index (χ4n) is 3.37. The molecule has 0 aromatic rings. The molecule has 2 heterocycles. The lowest BCUT2D eigenvalue weighted by atomic mass is 10.0. The monoisotopic (exact) mass is 382 g/mol. The Kier molecular flexibility index (Phi) is 6.72. The highest BCUT2D eigenvalue weighted by Gasteiger charge is 2.36. The molecule has 2 aliphatic rings. The third-order valence-electron chi connectivity index (χ3n) is 4.83. The van der Waals surface area contributed by atoms with Crippen molar-refractivity contribution in [3.8, 4) is 0 Å². The summed E-state index contributed by atoms with van der Waals surface area (Å²) in [5.74, 6) is 0.0399. The van der Waals surface area contributed by atoms with Gasteiger partial charge in [0, 0.05) is 39.3 Å². The average Bonchev–Trinajstić information content (AvgIpc) is 3.07. The first-order valence-electron chi connectivity index (χ1n) is 9.78. The number of hydrogen-bond donors (Lipinski definition) is 1. The van der Waals surface area contributed by atoms with Gasteiger partial charge in [0.1, 0.15) is 11.1 Å². The Hall–Kier alpha value is -1.83. The van der Waals surface area contributed by atoms with Gasteiger partial charge in [-0.15, -0.1) is 0 Å². The van der Waals surface area contributed by atoms with Crippen LogP contribution in [0, 0.1) is 0 Å². The number of rotatable bonds is 4. The molecular formula is C19H34N4O4. The normalized spacial score (nSPS) is 19.1. The molecule has 0 saturated carbocycles. The van der Waals surface area contributed by atoms with E-state index in [0.29, 0.717) is 32.7 Å². The zero-order valence-corrected chi connectivity index (χ0v) is 17.3. The Labute approximate surface area is 162 Å². The van der Waals surface area contributed by atoms with Crippen LogP contribution in [0.25, 0.3) is 0 Å². The number of alkyl carbamates (subject to hydrolysis) is 1. The molecular weight excluding hydrogens is 348 g/mol. The fourth-order valence-corrected chi connectivity index (χ4v) is 3.37. The lowest BCUT2D eigenvalue weighted by Gasteiger charge is -2.39. The number of carbonyl (C=O) groups excluding carboxylic acids is 3. The van der Waals surface area contributed by atoms with Gasteiger partial charge >= 0.3 is 6.09 Å². The maximum absolute atomic E-state index is 12.8. The second-order valence-corrected chi connectivity index (χ2v) is 8.91. The van der Waals surface area contributed by atoms with E-state index in [2.05, 4.69) is 10.2 Å². The Balaban J connectivity index is 1.80. The first kappa shape index (κ1) is 21.5. The minimum absolute atomic E-state index is 0.140. The molecule has 0 spiro atoms. The van der Waals surface area contributed by atoms with Gasteiger partial charge in [-0.2, -0.15) is 0 Å². The molecule has 0 bridgehead atoms. The van der Waals surface area contributed by atoms with Crippen molar-refractivity contribution in [1.29, 1.82) is 0 Å². The van der Waals surface area contributed by atoms with E-state index < -0.39 is 17.2 Å². The first-order valence-corrected chi connectivity index (χ1v) is 9.78. The van der Waals surface area contributed by atoms with Gasteiger partial charge in [0.25, 0.3) is 0 Å². The Morgan fingerprint density at radius 2 is 1.41 bits per heavy atom. The topological polar surface area (TPSA) is 82.2 Å². The highest BCUT2D eigenvalue weighted by molar-refractivity contribution is 5.89. The summed E-state index contributed by atoms with van der Waals surface area (Å²) in [6, 6.07) is 0.